The number of likely N-dealkylation sites (tertiary alicyclic amines) is 1. The number of ether oxygens (including phenoxy) is 1. The summed E-state index contributed by atoms with van der Waals surface area (Å²) in [7, 11) is 0. The van der Waals surface area contributed by atoms with Crippen molar-refractivity contribution < 1.29 is 4.74 Å². The number of nitrogens with zero attached hydrogens (tertiary/aromatic N) is 3. The highest BCUT2D eigenvalue weighted by molar-refractivity contribution is 5.32. The molecule has 0 saturated carbocycles. The van der Waals surface area contributed by atoms with Crippen molar-refractivity contribution in [3.8, 4) is 0 Å². The third-order valence-corrected chi connectivity index (χ3v) is 5.31. The summed E-state index contributed by atoms with van der Waals surface area (Å²) in [4.78, 5) is 24.4. The van der Waals surface area contributed by atoms with Gasteiger partial charge in [-0.15, -0.1) is 0 Å². The lowest BCUT2D eigenvalue weighted by molar-refractivity contribution is 0.122. The number of morpholine rings is 1. The molecule has 0 unspecified atom stereocenters. The highest BCUT2D eigenvalue weighted by Gasteiger charge is 2.26. The van der Waals surface area contributed by atoms with Crippen LogP contribution in [0.25, 0.3) is 0 Å². The zero-order chi connectivity index (χ0) is 17.8. The molecule has 26 heavy (non-hydrogen) atoms. The summed E-state index contributed by atoms with van der Waals surface area (Å²) in [6, 6.07) is 12.3. The number of nitrogens with one attached hydrogen (secondary N) is 1. The molecule has 6 nitrogen and oxygen atoms in total. The Hall–Kier alpha value is -2.18. The van der Waals surface area contributed by atoms with Gasteiger partial charge in [0.05, 0.1) is 18.9 Å². The molecule has 0 bridgehead atoms. The first-order valence-electron chi connectivity index (χ1n) is 9.48. The van der Waals surface area contributed by atoms with Gasteiger partial charge >= 0.3 is 0 Å². The van der Waals surface area contributed by atoms with E-state index in [1.807, 2.05) is 0 Å². The van der Waals surface area contributed by atoms with Crippen molar-refractivity contribution in [2.45, 2.75) is 18.8 Å². The summed E-state index contributed by atoms with van der Waals surface area (Å²) in [5.41, 5.74) is 2.25. The van der Waals surface area contributed by atoms with Crippen molar-refractivity contribution >= 4 is 5.95 Å². The Morgan fingerprint density at radius 3 is 2.77 bits per heavy atom. The van der Waals surface area contributed by atoms with Crippen molar-refractivity contribution in [3.63, 3.8) is 0 Å². The molecule has 0 aliphatic carbocycles. The zero-order valence-electron chi connectivity index (χ0n) is 15.1. The predicted molar refractivity (Wildman–Crippen MR) is 102 cm³/mol. The van der Waals surface area contributed by atoms with E-state index >= 15 is 0 Å². The van der Waals surface area contributed by atoms with Gasteiger partial charge in [-0.2, -0.15) is 0 Å². The average molecular weight is 354 g/mol. The van der Waals surface area contributed by atoms with E-state index in [-0.39, 0.29) is 5.56 Å². The molecule has 3 heterocycles. The molecule has 2 saturated heterocycles. The second-order valence-electron chi connectivity index (χ2n) is 7.12. The SMILES string of the molecule is O=c1cc([C@@H]2CCN(CCc3ccccc3)C2)nc(N2CCOCC2)[nH]1. The van der Waals surface area contributed by atoms with Crippen molar-refractivity contribution in [2.24, 2.45) is 0 Å². The lowest BCUT2D eigenvalue weighted by Crippen LogP contribution is -2.38. The largest absolute Gasteiger partial charge is 0.378 e. The van der Waals surface area contributed by atoms with Gasteiger partial charge in [0.15, 0.2) is 0 Å². The normalized spacial score (nSPS) is 21.2. The van der Waals surface area contributed by atoms with E-state index in [1.165, 1.54) is 5.56 Å². The van der Waals surface area contributed by atoms with Gasteiger partial charge in [-0.3, -0.25) is 9.78 Å². The zero-order valence-corrected chi connectivity index (χ0v) is 15.1. The monoisotopic (exact) mass is 354 g/mol. The van der Waals surface area contributed by atoms with Crippen LogP contribution in [-0.2, 0) is 11.2 Å². The second-order valence-corrected chi connectivity index (χ2v) is 7.12. The minimum Gasteiger partial charge on any atom is -0.378 e. The molecule has 0 radical (unpaired) electrons. The quantitative estimate of drug-likeness (QED) is 0.884. The molecule has 6 heteroatoms. The Morgan fingerprint density at radius 2 is 1.96 bits per heavy atom. The van der Waals surface area contributed by atoms with Crippen LogP contribution in [0.2, 0.25) is 0 Å². The first-order chi connectivity index (χ1) is 12.8. The molecule has 1 aromatic carbocycles. The van der Waals surface area contributed by atoms with Gasteiger partial charge in [-0.1, -0.05) is 30.3 Å². The van der Waals surface area contributed by atoms with Crippen LogP contribution in [0.1, 0.15) is 23.6 Å². The van der Waals surface area contributed by atoms with E-state index in [1.54, 1.807) is 6.07 Å². The smallest absolute Gasteiger partial charge is 0.252 e. The topological polar surface area (TPSA) is 61.5 Å². The molecule has 4 rings (SSSR count). The van der Waals surface area contributed by atoms with Crippen LogP contribution < -0.4 is 10.5 Å². The van der Waals surface area contributed by atoms with E-state index in [0.717, 1.165) is 51.3 Å². The summed E-state index contributed by atoms with van der Waals surface area (Å²) in [6.07, 6.45) is 2.13. The molecule has 2 aliphatic heterocycles. The lowest BCUT2D eigenvalue weighted by Gasteiger charge is -2.27. The standard InChI is InChI=1S/C20H26N4O2/c25-19-14-18(21-20(22-19)24-10-12-26-13-11-24)17-7-9-23(15-17)8-6-16-4-2-1-3-5-16/h1-5,14,17H,6-13,15H2,(H,21,22,25)/t17-/m1/s1. The van der Waals surface area contributed by atoms with Gasteiger partial charge in [-0.05, 0) is 24.9 Å². The molecule has 0 spiro atoms. The first-order valence-corrected chi connectivity index (χ1v) is 9.48. The van der Waals surface area contributed by atoms with Crippen LogP contribution >= 0.6 is 0 Å². The molecule has 1 atom stereocenters. The Kier molecular flexibility index (Phi) is 5.32. The molecule has 138 valence electrons. The summed E-state index contributed by atoms with van der Waals surface area (Å²) in [5.74, 6) is 1.03. The highest BCUT2D eigenvalue weighted by Crippen LogP contribution is 2.26. The predicted octanol–water partition coefficient (Wildman–Crippen LogP) is 1.64. The van der Waals surface area contributed by atoms with Crippen LogP contribution in [0.3, 0.4) is 0 Å². The lowest BCUT2D eigenvalue weighted by atomic mass is 10.0. The van der Waals surface area contributed by atoms with Crippen LogP contribution in [0.5, 0.6) is 0 Å². The van der Waals surface area contributed by atoms with E-state index in [2.05, 4.69) is 45.1 Å². The van der Waals surface area contributed by atoms with E-state index in [0.29, 0.717) is 25.1 Å². The molecule has 1 aromatic heterocycles. The van der Waals surface area contributed by atoms with E-state index < -0.39 is 0 Å². The molecule has 1 N–H and O–H groups in total. The van der Waals surface area contributed by atoms with Gasteiger partial charge in [0.1, 0.15) is 0 Å². The highest BCUT2D eigenvalue weighted by atomic mass is 16.5. The molecule has 2 aliphatic rings. The van der Waals surface area contributed by atoms with Crippen molar-refractivity contribution in [1.29, 1.82) is 0 Å². The number of aromatic nitrogens is 2. The maximum absolute atomic E-state index is 12.1. The van der Waals surface area contributed by atoms with Gasteiger partial charge in [0.25, 0.3) is 5.56 Å². The summed E-state index contributed by atoms with van der Waals surface area (Å²) in [6.45, 7) is 6.03. The first kappa shape index (κ1) is 17.2. The summed E-state index contributed by atoms with van der Waals surface area (Å²) >= 11 is 0. The molecule has 0 amide bonds. The number of rotatable bonds is 5. The second kappa shape index (κ2) is 8.01. The fraction of sp³-hybridized carbons (Fsp3) is 0.500. The van der Waals surface area contributed by atoms with E-state index in [9.17, 15) is 4.79 Å². The van der Waals surface area contributed by atoms with Gasteiger partial charge in [0, 0.05) is 38.2 Å². The third kappa shape index (κ3) is 4.14. The molecular formula is C20H26N4O2. The Labute approximate surface area is 153 Å². The number of aromatic amines is 1. The maximum Gasteiger partial charge on any atom is 0.252 e. The summed E-state index contributed by atoms with van der Waals surface area (Å²) in [5, 5.41) is 0. The molecule has 2 fully saturated rings. The van der Waals surface area contributed by atoms with Gasteiger partial charge in [-0.25, -0.2) is 4.98 Å². The number of hydrogen-bond donors (Lipinski definition) is 1. The van der Waals surface area contributed by atoms with Crippen LogP contribution in [0, 0.1) is 0 Å². The fourth-order valence-corrected chi connectivity index (χ4v) is 3.81. The molecule has 2 aromatic rings. The maximum atomic E-state index is 12.1. The number of anilines is 1. The van der Waals surface area contributed by atoms with E-state index in [4.69, 9.17) is 9.72 Å². The Morgan fingerprint density at radius 1 is 1.15 bits per heavy atom. The minimum absolute atomic E-state index is 0.0563. The fourth-order valence-electron chi connectivity index (χ4n) is 3.81. The van der Waals surface area contributed by atoms with Crippen molar-refractivity contribution in [2.75, 3.05) is 50.8 Å². The Balaban J connectivity index is 1.40. The van der Waals surface area contributed by atoms with Gasteiger partial charge < -0.3 is 14.5 Å². The number of hydrogen-bond acceptors (Lipinski definition) is 5. The minimum atomic E-state index is -0.0563. The van der Waals surface area contributed by atoms with Crippen LogP contribution in [0.15, 0.2) is 41.2 Å². The van der Waals surface area contributed by atoms with Crippen LogP contribution in [0.4, 0.5) is 5.95 Å². The number of benzene rings is 1. The van der Waals surface area contributed by atoms with Crippen LogP contribution in [-0.4, -0.2) is 60.8 Å². The summed E-state index contributed by atoms with van der Waals surface area (Å²) < 4.78 is 5.39. The van der Waals surface area contributed by atoms with Gasteiger partial charge in [0.2, 0.25) is 5.95 Å². The van der Waals surface area contributed by atoms with Crippen molar-refractivity contribution in [1.82, 2.24) is 14.9 Å². The average Bonchev–Trinajstić information content (AvgIpc) is 3.17. The Bertz CT molecular complexity index is 771. The molecular weight excluding hydrogens is 328 g/mol. The number of H-pyrrole nitrogens is 1. The third-order valence-electron chi connectivity index (χ3n) is 5.31. The van der Waals surface area contributed by atoms with Crippen molar-refractivity contribution in [3.05, 3.63) is 58.0 Å².